The molecule has 0 unspecified atom stereocenters. The minimum Gasteiger partial charge on any atom is -0.388 e. The second-order valence-electron chi connectivity index (χ2n) is 4.10. The normalized spacial score (nSPS) is 11.5. The average molecular weight is 326 g/mol. The maximum Gasteiger partial charge on any atom is 0.242 e. The van der Waals surface area contributed by atoms with Crippen LogP contribution in [0.15, 0.2) is 29.6 Å². The van der Waals surface area contributed by atoms with Gasteiger partial charge in [0, 0.05) is 12.7 Å². The summed E-state index contributed by atoms with van der Waals surface area (Å²) in [5.74, 6) is 0.536. The highest BCUT2D eigenvalue weighted by Crippen LogP contribution is 2.08. The fourth-order valence-electron chi connectivity index (χ4n) is 1.61. The van der Waals surface area contributed by atoms with E-state index in [1.807, 2.05) is 6.92 Å². The molecule has 0 saturated carbocycles. The van der Waals surface area contributed by atoms with E-state index in [4.69, 9.17) is 18.0 Å². The second kappa shape index (κ2) is 6.24. The van der Waals surface area contributed by atoms with Crippen molar-refractivity contribution in [2.75, 3.05) is 0 Å². The van der Waals surface area contributed by atoms with Gasteiger partial charge in [-0.15, -0.1) is 10.2 Å². The molecule has 21 heavy (non-hydrogen) atoms. The first-order valence-electron chi connectivity index (χ1n) is 6.06. The van der Waals surface area contributed by atoms with Crippen molar-refractivity contribution < 1.29 is 8.42 Å². The van der Waals surface area contributed by atoms with Gasteiger partial charge in [-0.3, -0.25) is 4.98 Å². The van der Waals surface area contributed by atoms with Crippen molar-refractivity contribution in [2.24, 2.45) is 5.73 Å². The number of nitrogens with one attached hydrogen (secondary N) is 1. The van der Waals surface area contributed by atoms with Gasteiger partial charge >= 0.3 is 0 Å². The molecule has 3 N–H and O–H groups in total. The fraction of sp³-hybridized carbons (Fsp3) is 0.273. The first kappa shape index (κ1) is 15.5. The number of aromatic nitrogens is 4. The fourth-order valence-corrected chi connectivity index (χ4v) is 2.65. The molecular formula is C11H14N6O2S2. The Morgan fingerprint density at radius 2 is 2.24 bits per heavy atom. The highest BCUT2D eigenvalue weighted by molar-refractivity contribution is 7.89. The van der Waals surface area contributed by atoms with E-state index in [9.17, 15) is 8.42 Å². The van der Waals surface area contributed by atoms with Crippen LogP contribution < -0.4 is 10.5 Å². The van der Waals surface area contributed by atoms with E-state index < -0.39 is 10.0 Å². The van der Waals surface area contributed by atoms with Crippen LogP contribution in [-0.4, -0.2) is 33.2 Å². The Bertz CT molecular complexity index is 738. The van der Waals surface area contributed by atoms with E-state index >= 15 is 0 Å². The number of pyridine rings is 1. The lowest BCUT2D eigenvalue weighted by Gasteiger charge is -2.07. The number of sulfonamides is 1. The smallest absolute Gasteiger partial charge is 0.242 e. The molecule has 8 nitrogen and oxygen atoms in total. The molecule has 0 spiro atoms. The van der Waals surface area contributed by atoms with E-state index in [1.165, 1.54) is 18.3 Å². The van der Waals surface area contributed by atoms with Crippen molar-refractivity contribution in [3.05, 3.63) is 36.2 Å². The van der Waals surface area contributed by atoms with E-state index in [2.05, 4.69) is 19.9 Å². The maximum absolute atomic E-state index is 12.1. The Morgan fingerprint density at radius 1 is 1.48 bits per heavy atom. The molecule has 10 heteroatoms. The molecule has 0 fully saturated rings. The van der Waals surface area contributed by atoms with Crippen molar-refractivity contribution in [3.8, 4) is 0 Å². The molecule has 2 aromatic heterocycles. The zero-order valence-corrected chi connectivity index (χ0v) is 12.9. The molecular weight excluding hydrogens is 312 g/mol. The van der Waals surface area contributed by atoms with Crippen LogP contribution in [0.1, 0.15) is 18.4 Å². The largest absolute Gasteiger partial charge is 0.388 e. The number of rotatable bonds is 6. The van der Waals surface area contributed by atoms with Gasteiger partial charge in [-0.05, 0) is 19.1 Å². The third-order valence-electron chi connectivity index (χ3n) is 2.76. The van der Waals surface area contributed by atoms with Gasteiger partial charge in [-0.2, -0.15) is 0 Å². The number of nitrogens with zero attached hydrogens (tertiary/aromatic N) is 4. The van der Waals surface area contributed by atoms with E-state index in [0.717, 1.165) is 0 Å². The van der Waals surface area contributed by atoms with Crippen LogP contribution in [0.4, 0.5) is 0 Å². The van der Waals surface area contributed by atoms with Gasteiger partial charge in [-0.1, -0.05) is 12.2 Å². The van der Waals surface area contributed by atoms with Gasteiger partial charge in [0.05, 0.1) is 12.2 Å². The predicted molar refractivity (Wildman–Crippen MR) is 79.8 cm³/mol. The summed E-state index contributed by atoms with van der Waals surface area (Å²) >= 11 is 4.76. The Morgan fingerprint density at radius 3 is 2.81 bits per heavy atom. The summed E-state index contributed by atoms with van der Waals surface area (Å²) in [5, 5.41) is 7.59. The summed E-state index contributed by atoms with van der Waals surface area (Å²) in [6, 6.07) is 2.86. The van der Waals surface area contributed by atoms with Gasteiger partial charge in [0.2, 0.25) is 10.0 Å². The number of hydrogen-bond donors (Lipinski definition) is 2. The van der Waals surface area contributed by atoms with E-state index in [0.29, 0.717) is 18.1 Å². The van der Waals surface area contributed by atoms with Gasteiger partial charge in [0.25, 0.3) is 0 Å². The first-order chi connectivity index (χ1) is 9.94. The van der Waals surface area contributed by atoms with Crippen LogP contribution >= 0.6 is 12.2 Å². The minimum absolute atomic E-state index is 0.0325. The number of nitrogens with two attached hydrogens (primary N) is 1. The topological polar surface area (TPSA) is 116 Å². The van der Waals surface area contributed by atoms with E-state index in [-0.39, 0.29) is 16.4 Å². The average Bonchev–Trinajstić information content (AvgIpc) is 2.93. The molecule has 0 atom stereocenters. The zero-order chi connectivity index (χ0) is 15.5. The molecule has 0 aliphatic carbocycles. The van der Waals surface area contributed by atoms with Crippen molar-refractivity contribution in [1.82, 2.24) is 24.5 Å². The molecule has 0 aliphatic heterocycles. The van der Waals surface area contributed by atoms with Crippen LogP contribution in [0.3, 0.4) is 0 Å². The van der Waals surface area contributed by atoms with Gasteiger partial charge < -0.3 is 10.3 Å². The summed E-state index contributed by atoms with van der Waals surface area (Å²) < 4.78 is 28.5. The summed E-state index contributed by atoms with van der Waals surface area (Å²) in [6.07, 6.45) is 2.75. The molecule has 0 radical (unpaired) electrons. The van der Waals surface area contributed by atoms with Gasteiger partial charge in [0.15, 0.2) is 0 Å². The summed E-state index contributed by atoms with van der Waals surface area (Å²) in [4.78, 5) is 4.05. The van der Waals surface area contributed by atoms with Crippen LogP contribution in [0.5, 0.6) is 0 Å². The lowest BCUT2D eigenvalue weighted by atomic mass is 10.3. The van der Waals surface area contributed by atoms with Crippen molar-refractivity contribution in [1.29, 1.82) is 0 Å². The second-order valence-corrected chi connectivity index (χ2v) is 6.31. The van der Waals surface area contributed by atoms with Crippen LogP contribution in [0.25, 0.3) is 0 Å². The number of aryl methyl sites for hydroxylation is 1. The quantitative estimate of drug-likeness (QED) is 0.707. The maximum atomic E-state index is 12.1. The Hall–Kier alpha value is -1.91. The lowest BCUT2D eigenvalue weighted by molar-refractivity contribution is 0.574. The number of thiocarbonyl (C=S) groups is 1. The van der Waals surface area contributed by atoms with Crippen molar-refractivity contribution >= 4 is 27.2 Å². The molecule has 112 valence electrons. The summed E-state index contributed by atoms with van der Waals surface area (Å²) in [5.41, 5.74) is 5.78. The minimum atomic E-state index is -3.68. The lowest BCUT2D eigenvalue weighted by Crippen LogP contribution is -2.25. The third-order valence-corrected chi connectivity index (χ3v) is 4.35. The van der Waals surface area contributed by atoms with Crippen LogP contribution in [0.2, 0.25) is 0 Å². The monoisotopic (exact) mass is 326 g/mol. The molecule has 2 heterocycles. The third kappa shape index (κ3) is 3.60. The molecule has 0 amide bonds. The number of hydrogen-bond acceptors (Lipinski definition) is 6. The van der Waals surface area contributed by atoms with Gasteiger partial charge in [-0.25, -0.2) is 13.1 Å². The Labute approximate surface area is 127 Å². The SMILES string of the molecule is CCn1cnnc1CNS(=O)(=O)c1ccc(C(N)=S)nc1. The highest BCUT2D eigenvalue weighted by atomic mass is 32.2. The van der Waals surface area contributed by atoms with Crippen LogP contribution in [0, 0.1) is 0 Å². The van der Waals surface area contributed by atoms with Gasteiger partial charge in [0.1, 0.15) is 22.0 Å². The highest BCUT2D eigenvalue weighted by Gasteiger charge is 2.16. The summed E-state index contributed by atoms with van der Waals surface area (Å²) in [7, 11) is -3.68. The van der Waals surface area contributed by atoms with E-state index in [1.54, 1.807) is 10.9 Å². The molecule has 0 aliphatic rings. The Kier molecular flexibility index (Phi) is 4.60. The first-order valence-corrected chi connectivity index (χ1v) is 7.95. The molecule has 0 saturated heterocycles. The molecule has 0 aromatic carbocycles. The zero-order valence-electron chi connectivity index (χ0n) is 11.2. The molecule has 0 bridgehead atoms. The molecule has 2 rings (SSSR count). The van der Waals surface area contributed by atoms with Crippen LogP contribution in [-0.2, 0) is 23.1 Å². The standard InChI is InChI=1S/C11H14N6O2S2/c1-2-17-7-14-16-10(17)6-15-21(18,19)8-3-4-9(11(12)20)13-5-8/h3-5,7,15H,2,6H2,1H3,(H2,12,20). The van der Waals surface area contributed by atoms with Crippen molar-refractivity contribution in [2.45, 2.75) is 24.9 Å². The Balaban J connectivity index is 2.13. The predicted octanol–water partition coefficient (Wildman–Crippen LogP) is -0.194. The summed E-state index contributed by atoms with van der Waals surface area (Å²) in [6.45, 7) is 2.63. The van der Waals surface area contributed by atoms with Crippen molar-refractivity contribution in [3.63, 3.8) is 0 Å². The molecule has 2 aromatic rings.